The van der Waals surface area contributed by atoms with Crippen LogP contribution in [0.5, 0.6) is 0 Å². The van der Waals surface area contributed by atoms with Gasteiger partial charge < -0.3 is 5.32 Å². The predicted octanol–water partition coefficient (Wildman–Crippen LogP) is 2.32. The van der Waals surface area contributed by atoms with Gasteiger partial charge in [-0.1, -0.05) is 0 Å². The minimum Gasteiger partial charge on any atom is -0.370 e. The molecule has 0 saturated carbocycles. The zero-order chi connectivity index (χ0) is 15.5. The Morgan fingerprint density at radius 2 is 2.14 bits per heavy atom. The number of hydrogen-bond donors (Lipinski definition) is 2. The van der Waals surface area contributed by atoms with Gasteiger partial charge in [-0.25, -0.2) is 23.1 Å². The minimum absolute atomic E-state index is 0.143. The largest absolute Gasteiger partial charge is 0.370 e. The van der Waals surface area contributed by atoms with Crippen LogP contribution in [0.25, 0.3) is 0 Å². The smallest absolute Gasteiger partial charge is 0.242 e. The zero-order valence-electron chi connectivity index (χ0n) is 12.1. The van der Waals surface area contributed by atoms with E-state index in [2.05, 4.69) is 20.0 Å². The van der Waals surface area contributed by atoms with Gasteiger partial charge in [-0.05, 0) is 32.9 Å². The van der Waals surface area contributed by atoms with Gasteiger partial charge in [0, 0.05) is 23.8 Å². The van der Waals surface area contributed by atoms with E-state index in [1.807, 2.05) is 19.2 Å². The van der Waals surface area contributed by atoms with Crippen molar-refractivity contribution in [3.8, 4) is 0 Å². The second kappa shape index (κ2) is 6.50. The summed E-state index contributed by atoms with van der Waals surface area (Å²) in [5.41, 5.74) is 0.887. The van der Waals surface area contributed by atoms with Crippen LogP contribution in [-0.2, 0) is 10.0 Å². The number of nitrogens with one attached hydrogen (secondary N) is 2. The Balaban J connectivity index is 2.14. The summed E-state index contributed by atoms with van der Waals surface area (Å²) in [6.07, 6.45) is 1.35. The van der Waals surface area contributed by atoms with E-state index in [9.17, 15) is 8.42 Å². The SMILES string of the molecule is CCNc1ccc(S(=O)(=O)NC(C)c2nc(C)cs2)cn1. The highest BCUT2D eigenvalue weighted by molar-refractivity contribution is 7.89. The number of thiazole rings is 1. The third-order valence-electron chi connectivity index (χ3n) is 2.74. The van der Waals surface area contributed by atoms with Crippen LogP contribution in [0, 0.1) is 6.92 Å². The number of rotatable bonds is 6. The summed E-state index contributed by atoms with van der Waals surface area (Å²) >= 11 is 1.44. The maximum absolute atomic E-state index is 12.3. The molecule has 0 fully saturated rings. The molecule has 0 radical (unpaired) electrons. The fourth-order valence-corrected chi connectivity index (χ4v) is 3.78. The fourth-order valence-electron chi connectivity index (χ4n) is 1.75. The Morgan fingerprint density at radius 3 is 2.67 bits per heavy atom. The van der Waals surface area contributed by atoms with Gasteiger partial charge in [-0.3, -0.25) is 0 Å². The van der Waals surface area contributed by atoms with E-state index in [4.69, 9.17) is 0 Å². The summed E-state index contributed by atoms with van der Waals surface area (Å²) in [7, 11) is -3.60. The van der Waals surface area contributed by atoms with Crippen molar-refractivity contribution in [3.05, 3.63) is 34.4 Å². The molecule has 0 amide bonds. The summed E-state index contributed by atoms with van der Waals surface area (Å²) in [5, 5.41) is 5.66. The van der Waals surface area contributed by atoms with E-state index in [-0.39, 0.29) is 10.9 Å². The Hall–Kier alpha value is -1.51. The number of nitrogens with zero attached hydrogens (tertiary/aromatic N) is 2. The molecule has 0 aliphatic rings. The molecule has 2 heterocycles. The average Bonchev–Trinajstić information content (AvgIpc) is 2.86. The van der Waals surface area contributed by atoms with Gasteiger partial charge in [0.1, 0.15) is 15.7 Å². The molecule has 0 bridgehead atoms. The van der Waals surface area contributed by atoms with Crippen molar-refractivity contribution in [2.24, 2.45) is 0 Å². The number of sulfonamides is 1. The molecule has 21 heavy (non-hydrogen) atoms. The molecule has 0 aliphatic carbocycles. The number of aromatic nitrogens is 2. The Kier molecular flexibility index (Phi) is 4.92. The van der Waals surface area contributed by atoms with Gasteiger partial charge in [0.25, 0.3) is 0 Å². The molecular weight excluding hydrogens is 308 g/mol. The molecule has 114 valence electrons. The lowest BCUT2D eigenvalue weighted by molar-refractivity contribution is 0.566. The first-order chi connectivity index (χ1) is 9.92. The quantitative estimate of drug-likeness (QED) is 0.851. The fraction of sp³-hybridized carbons (Fsp3) is 0.385. The monoisotopic (exact) mass is 326 g/mol. The van der Waals surface area contributed by atoms with Crippen molar-refractivity contribution >= 4 is 27.2 Å². The zero-order valence-corrected chi connectivity index (χ0v) is 13.8. The molecule has 0 aromatic carbocycles. The molecule has 0 saturated heterocycles. The van der Waals surface area contributed by atoms with E-state index < -0.39 is 10.0 Å². The number of hydrogen-bond acceptors (Lipinski definition) is 6. The molecule has 2 N–H and O–H groups in total. The van der Waals surface area contributed by atoms with Crippen molar-refractivity contribution in [2.45, 2.75) is 31.7 Å². The lowest BCUT2D eigenvalue weighted by atomic mass is 10.4. The third kappa shape index (κ3) is 3.99. The first kappa shape index (κ1) is 15.9. The molecule has 8 heteroatoms. The highest BCUT2D eigenvalue weighted by Crippen LogP contribution is 2.20. The summed E-state index contributed by atoms with van der Waals surface area (Å²) in [6.45, 7) is 6.34. The van der Waals surface area contributed by atoms with E-state index in [0.717, 1.165) is 17.2 Å². The maximum Gasteiger partial charge on any atom is 0.242 e. The molecule has 1 unspecified atom stereocenters. The second-order valence-corrected chi connectivity index (χ2v) is 7.18. The average molecular weight is 326 g/mol. The van der Waals surface area contributed by atoms with E-state index >= 15 is 0 Å². The van der Waals surface area contributed by atoms with Gasteiger partial charge in [0.2, 0.25) is 10.0 Å². The number of aryl methyl sites for hydroxylation is 1. The summed E-state index contributed by atoms with van der Waals surface area (Å²) in [4.78, 5) is 8.51. The lowest BCUT2D eigenvalue weighted by Gasteiger charge is -2.12. The standard InChI is InChI=1S/C13H18N4O2S2/c1-4-14-12-6-5-11(7-15-12)21(18,19)17-10(3)13-16-9(2)8-20-13/h5-8,10,17H,4H2,1-3H3,(H,14,15). The Bertz CT molecular complexity index is 695. The maximum atomic E-state index is 12.3. The number of anilines is 1. The van der Waals surface area contributed by atoms with Crippen LogP contribution in [0.2, 0.25) is 0 Å². The lowest BCUT2D eigenvalue weighted by Crippen LogP contribution is -2.27. The molecule has 0 spiro atoms. The molecule has 0 aliphatic heterocycles. The summed E-state index contributed by atoms with van der Waals surface area (Å²) in [5.74, 6) is 0.653. The van der Waals surface area contributed by atoms with Crippen LogP contribution in [0.4, 0.5) is 5.82 Å². The highest BCUT2D eigenvalue weighted by Gasteiger charge is 2.20. The molecule has 1 atom stereocenters. The van der Waals surface area contributed by atoms with E-state index in [1.165, 1.54) is 23.6 Å². The second-order valence-electron chi connectivity index (χ2n) is 4.58. The van der Waals surface area contributed by atoms with Crippen LogP contribution < -0.4 is 10.0 Å². The molecule has 6 nitrogen and oxygen atoms in total. The topological polar surface area (TPSA) is 84.0 Å². The van der Waals surface area contributed by atoms with Gasteiger partial charge in [-0.15, -0.1) is 11.3 Å². The predicted molar refractivity (Wildman–Crippen MR) is 84.0 cm³/mol. The van der Waals surface area contributed by atoms with Gasteiger partial charge in [-0.2, -0.15) is 0 Å². The van der Waals surface area contributed by atoms with Crippen molar-refractivity contribution < 1.29 is 8.42 Å². The van der Waals surface area contributed by atoms with Crippen LogP contribution in [0.3, 0.4) is 0 Å². The number of pyridine rings is 1. The van der Waals surface area contributed by atoms with Crippen molar-refractivity contribution in [3.63, 3.8) is 0 Å². The normalized spacial score (nSPS) is 13.1. The van der Waals surface area contributed by atoms with Crippen LogP contribution in [0.1, 0.15) is 30.6 Å². The minimum atomic E-state index is -3.60. The van der Waals surface area contributed by atoms with Crippen molar-refractivity contribution in [1.29, 1.82) is 0 Å². The highest BCUT2D eigenvalue weighted by atomic mass is 32.2. The molecule has 2 rings (SSSR count). The summed E-state index contributed by atoms with van der Waals surface area (Å²) in [6, 6.07) is 2.81. The van der Waals surface area contributed by atoms with Gasteiger partial charge in [0.05, 0.1) is 6.04 Å². The van der Waals surface area contributed by atoms with E-state index in [0.29, 0.717) is 5.82 Å². The van der Waals surface area contributed by atoms with Crippen molar-refractivity contribution in [1.82, 2.24) is 14.7 Å². The van der Waals surface area contributed by atoms with Crippen LogP contribution >= 0.6 is 11.3 Å². The first-order valence-corrected chi connectivity index (χ1v) is 8.93. The Labute approximate surface area is 128 Å². The molecule has 2 aromatic rings. The van der Waals surface area contributed by atoms with Crippen LogP contribution in [0.15, 0.2) is 28.6 Å². The molecular formula is C13H18N4O2S2. The summed E-state index contributed by atoms with van der Waals surface area (Å²) < 4.78 is 27.2. The first-order valence-electron chi connectivity index (χ1n) is 6.56. The van der Waals surface area contributed by atoms with Gasteiger partial charge >= 0.3 is 0 Å². The van der Waals surface area contributed by atoms with E-state index in [1.54, 1.807) is 13.0 Å². The van der Waals surface area contributed by atoms with Crippen LogP contribution in [-0.4, -0.2) is 24.9 Å². The third-order valence-corrected chi connectivity index (χ3v) is 5.41. The van der Waals surface area contributed by atoms with Crippen molar-refractivity contribution in [2.75, 3.05) is 11.9 Å². The Morgan fingerprint density at radius 1 is 1.38 bits per heavy atom. The molecule has 2 aromatic heterocycles. The van der Waals surface area contributed by atoms with Gasteiger partial charge in [0.15, 0.2) is 0 Å².